The fourth-order valence-electron chi connectivity index (χ4n) is 4.26. The molecule has 5 heteroatoms. The Morgan fingerprint density at radius 3 is 2.25 bits per heavy atom. The zero-order chi connectivity index (χ0) is 22.7. The van der Waals surface area contributed by atoms with Gasteiger partial charge in [0, 0.05) is 12.1 Å². The predicted octanol–water partition coefficient (Wildman–Crippen LogP) is 5.63. The molecule has 3 aromatic carbocycles. The topological polar surface area (TPSA) is 48.0 Å². The molecule has 4 rings (SSSR count). The van der Waals surface area contributed by atoms with E-state index in [1.54, 1.807) is 33.5 Å². The van der Waals surface area contributed by atoms with E-state index in [1.165, 1.54) is 16.3 Å². The highest BCUT2D eigenvalue weighted by molar-refractivity contribution is 5.93. The monoisotopic (exact) mass is 431 g/mol. The Bertz CT molecular complexity index is 1120. The van der Waals surface area contributed by atoms with Crippen LogP contribution in [0.4, 0.5) is 0 Å². The van der Waals surface area contributed by atoms with Crippen molar-refractivity contribution in [3.63, 3.8) is 0 Å². The summed E-state index contributed by atoms with van der Waals surface area (Å²) >= 11 is 0. The number of hydrogen-bond donors (Lipinski definition) is 0. The van der Waals surface area contributed by atoms with Crippen LogP contribution in [0.1, 0.15) is 36.9 Å². The normalized spacial score (nSPS) is 14.4. The zero-order valence-corrected chi connectivity index (χ0v) is 19.0. The predicted molar refractivity (Wildman–Crippen MR) is 127 cm³/mol. The van der Waals surface area contributed by atoms with Crippen LogP contribution in [0.5, 0.6) is 17.2 Å². The lowest BCUT2D eigenvalue weighted by molar-refractivity contribution is -0.128. The Kier molecular flexibility index (Phi) is 6.35. The molecule has 1 atom stereocenters. The maximum Gasteiger partial charge on any atom is 0.247 e. The van der Waals surface area contributed by atoms with E-state index < -0.39 is 0 Å². The molecule has 0 spiro atoms. The fourth-order valence-corrected chi connectivity index (χ4v) is 4.26. The van der Waals surface area contributed by atoms with Gasteiger partial charge in [-0.2, -0.15) is 0 Å². The molecule has 1 amide bonds. The molecule has 0 unspecified atom stereocenters. The summed E-state index contributed by atoms with van der Waals surface area (Å²) in [7, 11) is 4.73. The summed E-state index contributed by atoms with van der Waals surface area (Å²) in [6, 6.07) is 18.6. The summed E-state index contributed by atoms with van der Waals surface area (Å²) in [5, 5.41) is 2.38. The molecular formula is C27H29NO4. The van der Waals surface area contributed by atoms with Gasteiger partial charge in [-0.3, -0.25) is 4.79 Å². The van der Waals surface area contributed by atoms with Crippen LogP contribution in [0.3, 0.4) is 0 Å². The first kappa shape index (κ1) is 21.8. The second-order valence-corrected chi connectivity index (χ2v) is 8.01. The average Bonchev–Trinajstić information content (AvgIpc) is 3.66. The molecule has 0 bridgehead atoms. The van der Waals surface area contributed by atoms with Gasteiger partial charge in [0.15, 0.2) is 11.5 Å². The average molecular weight is 432 g/mol. The first-order valence-electron chi connectivity index (χ1n) is 10.9. The van der Waals surface area contributed by atoms with Crippen LogP contribution in [0, 0.1) is 0 Å². The van der Waals surface area contributed by atoms with Gasteiger partial charge >= 0.3 is 0 Å². The summed E-state index contributed by atoms with van der Waals surface area (Å²) in [5.41, 5.74) is 1.98. The molecule has 1 aliphatic carbocycles. The Morgan fingerprint density at radius 1 is 0.969 bits per heavy atom. The molecule has 0 N–H and O–H groups in total. The third-order valence-corrected chi connectivity index (χ3v) is 5.99. The Hall–Kier alpha value is -3.47. The number of rotatable bonds is 8. The van der Waals surface area contributed by atoms with E-state index in [0.717, 1.165) is 18.4 Å². The van der Waals surface area contributed by atoms with Crippen molar-refractivity contribution in [3.8, 4) is 17.2 Å². The molecule has 32 heavy (non-hydrogen) atoms. The Balaban J connectivity index is 1.63. The lowest BCUT2D eigenvalue weighted by Gasteiger charge is -2.29. The van der Waals surface area contributed by atoms with Crippen LogP contribution in [-0.4, -0.2) is 38.2 Å². The Labute approximate surface area is 189 Å². The minimum absolute atomic E-state index is 0.00156. The highest BCUT2D eigenvalue weighted by Crippen LogP contribution is 2.39. The van der Waals surface area contributed by atoms with E-state index in [-0.39, 0.29) is 18.0 Å². The van der Waals surface area contributed by atoms with Crippen molar-refractivity contribution in [3.05, 3.63) is 71.8 Å². The van der Waals surface area contributed by atoms with Crippen LogP contribution in [-0.2, 0) is 4.79 Å². The van der Waals surface area contributed by atoms with Crippen molar-refractivity contribution in [2.75, 3.05) is 21.3 Å². The van der Waals surface area contributed by atoms with E-state index >= 15 is 0 Å². The molecule has 0 radical (unpaired) electrons. The number of benzene rings is 3. The number of carbonyl (C=O) groups is 1. The first-order chi connectivity index (χ1) is 15.6. The number of ether oxygens (including phenoxy) is 3. The standard InChI is InChI=1S/C27H29NO4/c1-18(22-11-7-9-20-8-5-6-10-23(20)22)28(21-13-14-21)26(29)15-12-19-16-24(30-2)27(32-4)25(17-19)31-3/h5-12,15-18,21H,13-14H2,1-4H3/b15-12+/t18-/m1/s1. The molecule has 0 aliphatic heterocycles. The summed E-state index contributed by atoms with van der Waals surface area (Å²) in [5.74, 6) is 1.65. The molecule has 3 aromatic rings. The van der Waals surface area contributed by atoms with E-state index in [9.17, 15) is 4.79 Å². The lowest BCUT2D eigenvalue weighted by atomic mass is 9.98. The van der Waals surface area contributed by atoms with Gasteiger partial charge in [-0.1, -0.05) is 42.5 Å². The summed E-state index contributed by atoms with van der Waals surface area (Å²) in [4.78, 5) is 15.3. The van der Waals surface area contributed by atoms with Crippen LogP contribution in [0.2, 0.25) is 0 Å². The van der Waals surface area contributed by atoms with Gasteiger partial charge in [-0.05, 0) is 59.9 Å². The minimum Gasteiger partial charge on any atom is -0.493 e. The number of hydrogen-bond acceptors (Lipinski definition) is 4. The zero-order valence-electron chi connectivity index (χ0n) is 19.0. The summed E-state index contributed by atoms with van der Waals surface area (Å²) in [6.07, 6.45) is 5.52. The third-order valence-electron chi connectivity index (χ3n) is 5.99. The number of nitrogens with zero attached hydrogens (tertiary/aromatic N) is 1. The van der Waals surface area contributed by atoms with Crippen LogP contribution in [0.25, 0.3) is 16.8 Å². The number of methoxy groups -OCH3 is 3. The lowest BCUT2D eigenvalue weighted by Crippen LogP contribution is -2.34. The Morgan fingerprint density at radius 2 is 1.62 bits per heavy atom. The molecule has 0 saturated heterocycles. The second kappa shape index (κ2) is 9.35. The van der Waals surface area contributed by atoms with Crippen molar-refractivity contribution in [2.45, 2.75) is 31.8 Å². The van der Waals surface area contributed by atoms with Crippen molar-refractivity contribution < 1.29 is 19.0 Å². The van der Waals surface area contributed by atoms with Crippen molar-refractivity contribution in [1.29, 1.82) is 0 Å². The van der Waals surface area contributed by atoms with Gasteiger partial charge in [0.2, 0.25) is 11.7 Å². The first-order valence-corrected chi connectivity index (χ1v) is 10.9. The molecule has 5 nitrogen and oxygen atoms in total. The number of amides is 1. The van der Waals surface area contributed by atoms with Crippen LogP contribution in [0.15, 0.2) is 60.7 Å². The molecule has 0 heterocycles. The second-order valence-electron chi connectivity index (χ2n) is 8.01. The van der Waals surface area contributed by atoms with Gasteiger partial charge in [0.05, 0.1) is 27.4 Å². The van der Waals surface area contributed by atoms with Gasteiger partial charge < -0.3 is 19.1 Å². The van der Waals surface area contributed by atoms with E-state index in [0.29, 0.717) is 17.2 Å². The van der Waals surface area contributed by atoms with E-state index in [2.05, 4.69) is 37.3 Å². The van der Waals surface area contributed by atoms with Gasteiger partial charge in [-0.25, -0.2) is 0 Å². The maximum atomic E-state index is 13.3. The molecule has 0 aromatic heterocycles. The molecule has 166 valence electrons. The molecule has 1 saturated carbocycles. The largest absolute Gasteiger partial charge is 0.493 e. The van der Waals surface area contributed by atoms with Crippen molar-refractivity contribution in [1.82, 2.24) is 4.90 Å². The van der Waals surface area contributed by atoms with Gasteiger partial charge in [-0.15, -0.1) is 0 Å². The highest BCUT2D eigenvalue weighted by atomic mass is 16.5. The van der Waals surface area contributed by atoms with Gasteiger partial charge in [0.1, 0.15) is 0 Å². The van der Waals surface area contributed by atoms with E-state index in [1.807, 2.05) is 29.2 Å². The number of fused-ring (bicyclic) bond motifs is 1. The molecular weight excluding hydrogens is 402 g/mol. The van der Waals surface area contributed by atoms with Crippen molar-refractivity contribution in [2.24, 2.45) is 0 Å². The fraction of sp³-hybridized carbons (Fsp3) is 0.296. The quantitative estimate of drug-likeness (QED) is 0.434. The van der Waals surface area contributed by atoms with Crippen molar-refractivity contribution >= 4 is 22.8 Å². The molecule has 1 aliphatic rings. The SMILES string of the molecule is COc1cc(/C=C/C(=O)N(C2CC2)[C@H](C)c2cccc3ccccc23)cc(OC)c1OC. The minimum atomic E-state index is -0.0225. The summed E-state index contributed by atoms with van der Waals surface area (Å²) < 4.78 is 16.2. The highest BCUT2D eigenvalue weighted by Gasteiger charge is 2.35. The maximum absolute atomic E-state index is 13.3. The summed E-state index contributed by atoms with van der Waals surface area (Å²) in [6.45, 7) is 2.12. The van der Waals surface area contributed by atoms with Gasteiger partial charge in [0.25, 0.3) is 0 Å². The smallest absolute Gasteiger partial charge is 0.247 e. The number of carbonyl (C=O) groups excluding carboxylic acids is 1. The van der Waals surface area contributed by atoms with Crippen LogP contribution >= 0.6 is 0 Å². The van der Waals surface area contributed by atoms with E-state index in [4.69, 9.17) is 14.2 Å². The third kappa shape index (κ3) is 4.28. The molecule has 1 fully saturated rings. The van der Waals surface area contributed by atoms with Crippen LogP contribution < -0.4 is 14.2 Å².